The lowest BCUT2D eigenvalue weighted by Crippen LogP contribution is -2.47. The Kier molecular flexibility index (Phi) is 3.26. The van der Waals surface area contributed by atoms with Gasteiger partial charge < -0.3 is 15.8 Å². The maximum Gasteiger partial charge on any atom is 0.237 e. The first-order valence-corrected chi connectivity index (χ1v) is 5.82. The van der Waals surface area contributed by atoms with E-state index in [1.807, 2.05) is 0 Å². The van der Waals surface area contributed by atoms with Gasteiger partial charge in [0.15, 0.2) is 0 Å². The summed E-state index contributed by atoms with van der Waals surface area (Å²) in [6.45, 7) is 3.63. The molecular formula is C11H20N2O2. The number of ether oxygens (including phenoxy) is 1. The number of nitrogens with two attached hydrogens (primary N) is 1. The monoisotopic (exact) mass is 212 g/mol. The second kappa shape index (κ2) is 4.49. The molecule has 3 N–H and O–H groups in total. The summed E-state index contributed by atoms with van der Waals surface area (Å²) < 4.78 is 5.25. The summed E-state index contributed by atoms with van der Waals surface area (Å²) in [6.07, 6.45) is 2.93. The average Bonchev–Trinajstić information content (AvgIpc) is 2.94. The van der Waals surface area contributed by atoms with E-state index in [1.165, 1.54) is 0 Å². The van der Waals surface area contributed by atoms with E-state index in [-0.39, 0.29) is 11.9 Å². The summed E-state index contributed by atoms with van der Waals surface area (Å²) in [7, 11) is 0. The number of carbonyl (C=O) groups excluding carboxylic acids is 1. The van der Waals surface area contributed by atoms with Crippen LogP contribution in [0.5, 0.6) is 0 Å². The molecule has 0 aromatic carbocycles. The molecule has 3 unspecified atom stereocenters. The molecule has 0 aromatic rings. The van der Waals surface area contributed by atoms with Crippen molar-refractivity contribution < 1.29 is 9.53 Å². The Hall–Kier alpha value is -0.610. The van der Waals surface area contributed by atoms with Crippen LogP contribution in [-0.2, 0) is 9.53 Å². The molecular weight excluding hydrogens is 192 g/mol. The Morgan fingerprint density at radius 1 is 1.47 bits per heavy atom. The molecule has 1 aliphatic carbocycles. The predicted octanol–water partition coefficient (Wildman–Crippen LogP) is 0.265. The van der Waals surface area contributed by atoms with Gasteiger partial charge in [-0.2, -0.15) is 0 Å². The molecule has 1 aliphatic heterocycles. The molecule has 2 rings (SSSR count). The standard InChI is InChI=1S/C11H20N2O2/c1-7-6-9(7)13-11(14)10(12)8-2-4-15-5-3-8/h7-10H,2-6,12H2,1H3,(H,13,14). The third kappa shape index (κ3) is 2.69. The van der Waals surface area contributed by atoms with Crippen LogP contribution in [0.3, 0.4) is 0 Å². The maximum atomic E-state index is 11.8. The fourth-order valence-electron chi connectivity index (χ4n) is 2.09. The van der Waals surface area contributed by atoms with Crippen molar-refractivity contribution in [1.29, 1.82) is 0 Å². The smallest absolute Gasteiger partial charge is 0.237 e. The Labute approximate surface area is 90.5 Å². The number of hydrogen-bond donors (Lipinski definition) is 2. The molecule has 1 heterocycles. The summed E-state index contributed by atoms with van der Waals surface area (Å²) in [4.78, 5) is 11.8. The van der Waals surface area contributed by atoms with Gasteiger partial charge in [0.1, 0.15) is 0 Å². The summed E-state index contributed by atoms with van der Waals surface area (Å²) in [5.74, 6) is 0.958. The van der Waals surface area contributed by atoms with Crippen molar-refractivity contribution in [2.45, 2.75) is 38.3 Å². The first kappa shape index (κ1) is 10.9. The Bertz CT molecular complexity index is 239. The predicted molar refractivity (Wildman–Crippen MR) is 57.2 cm³/mol. The largest absolute Gasteiger partial charge is 0.381 e. The van der Waals surface area contributed by atoms with Crippen LogP contribution in [0.15, 0.2) is 0 Å². The van der Waals surface area contributed by atoms with Gasteiger partial charge in [-0.1, -0.05) is 6.92 Å². The molecule has 0 bridgehead atoms. The molecule has 0 spiro atoms. The van der Waals surface area contributed by atoms with E-state index in [9.17, 15) is 4.79 Å². The van der Waals surface area contributed by atoms with E-state index in [2.05, 4.69) is 12.2 Å². The van der Waals surface area contributed by atoms with Gasteiger partial charge in [0.2, 0.25) is 5.91 Å². The third-order valence-corrected chi connectivity index (χ3v) is 3.51. The lowest BCUT2D eigenvalue weighted by atomic mass is 9.92. The van der Waals surface area contributed by atoms with Gasteiger partial charge in [-0.05, 0) is 31.1 Å². The molecule has 4 heteroatoms. The van der Waals surface area contributed by atoms with Crippen LogP contribution in [-0.4, -0.2) is 31.2 Å². The molecule has 86 valence electrons. The Morgan fingerprint density at radius 3 is 2.60 bits per heavy atom. The minimum absolute atomic E-state index is 0.0243. The zero-order valence-electron chi connectivity index (χ0n) is 9.24. The number of rotatable bonds is 3. The van der Waals surface area contributed by atoms with Crippen LogP contribution in [0.2, 0.25) is 0 Å². The molecule has 0 radical (unpaired) electrons. The third-order valence-electron chi connectivity index (χ3n) is 3.51. The minimum Gasteiger partial charge on any atom is -0.381 e. The van der Waals surface area contributed by atoms with Gasteiger partial charge in [-0.3, -0.25) is 4.79 Å². The topological polar surface area (TPSA) is 64.4 Å². The Balaban J connectivity index is 1.78. The van der Waals surface area contributed by atoms with Crippen LogP contribution in [0, 0.1) is 11.8 Å². The van der Waals surface area contributed by atoms with E-state index in [1.54, 1.807) is 0 Å². The minimum atomic E-state index is -0.346. The number of amides is 1. The van der Waals surface area contributed by atoms with Gasteiger partial charge in [-0.15, -0.1) is 0 Å². The zero-order chi connectivity index (χ0) is 10.8. The van der Waals surface area contributed by atoms with Crippen molar-refractivity contribution in [3.63, 3.8) is 0 Å². The molecule has 2 fully saturated rings. The van der Waals surface area contributed by atoms with Crippen LogP contribution in [0.1, 0.15) is 26.2 Å². The second-order valence-corrected chi connectivity index (χ2v) is 4.80. The highest BCUT2D eigenvalue weighted by molar-refractivity contribution is 5.82. The molecule has 0 aromatic heterocycles. The highest BCUT2D eigenvalue weighted by atomic mass is 16.5. The molecule has 15 heavy (non-hydrogen) atoms. The van der Waals surface area contributed by atoms with Crippen molar-refractivity contribution in [3.8, 4) is 0 Å². The zero-order valence-corrected chi connectivity index (χ0v) is 9.24. The Morgan fingerprint density at radius 2 is 2.07 bits per heavy atom. The van der Waals surface area contributed by atoms with E-state index in [0.717, 1.165) is 32.5 Å². The highest BCUT2D eigenvalue weighted by Crippen LogP contribution is 2.29. The van der Waals surface area contributed by atoms with Gasteiger partial charge >= 0.3 is 0 Å². The number of hydrogen-bond acceptors (Lipinski definition) is 3. The summed E-state index contributed by atoms with van der Waals surface area (Å²) in [5, 5.41) is 3.00. The lowest BCUT2D eigenvalue weighted by Gasteiger charge is -2.26. The van der Waals surface area contributed by atoms with Gasteiger partial charge in [0, 0.05) is 19.3 Å². The van der Waals surface area contributed by atoms with Crippen LogP contribution < -0.4 is 11.1 Å². The molecule has 1 saturated carbocycles. The maximum absolute atomic E-state index is 11.8. The highest BCUT2D eigenvalue weighted by Gasteiger charge is 2.36. The second-order valence-electron chi connectivity index (χ2n) is 4.80. The van der Waals surface area contributed by atoms with E-state index in [0.29, 0.717) is 17.9 Å². The first-order chi connectivity index (χ1) is 7.18. The first-order valence-electron chi connectivity index (χ1n) is 5.82. The van der Waals surface area contributed by atoms with Crippen LogP contribution in [0.4, 0.5) is 0 Å². The lowest BCUT2D eigenvalue weighted by molar-refractivity contribution is -0.124. The van der Waals surface area contributed by atoms with Gasteiger partial charge in [0.25, 0.3) is 0 Å². The molecule has 4 nitrogen and oxygen atoms in total. The van der Waals surface area contributed by atoms with Crippen molar-refractivity contribution in [3.05, 3.63) is 0 Å². The van der Waals surface area contributed by atoms with E-state index < -0.39 is 0 Å². The van der Waals surface area contributed by atoms with Crippen LogP contribution in [0.25, 0.3) is 0 Å². The normalized spacial score (nSPS) is 33.5. The number of carbonyl (C=O) groups is 1. The molecule has 1 saturated heterocycles. The molecule has 2 aliphatic rings. The summed E-state index contributed by atoms with van der Waals surface area (Å²) in [5.41, 5.74) is 5.95. The summed E-state index contributed by atoms with van der Waals surface area (Å²) >= 11 is 0. The SMILES string of the molecule is CC1CC1NC(=O)C(N)C1CCOCC1. The van der Waals surface area contributed by atoms with Crippen molar-refractivity contribution in [2.24, 2.45) is 17.6 Å². The van der Waals surface area contributed by atoms with Crippen molar-refractivity contribution in [2.75, 3.05) is 13.2 Å². The number of nitrogens with one attached hydrogen (secondary N) is 1. The average molecular weight is 212 g/mol. The summed E-state index contributed by atoms with van der Waals surface area (Å²) in [6, 6.07) is 0.0325. The van der Waals surface area contributed by atoms with E-state index in [4.69, 9.17) is 10.5 Å². The fourth-order valence-corrected chi connectivity index (χ4v) is 2.09. The van der Waals surface area contributed by atoms with Crippen molar-refractivity contribution >= 4 is 5.91 Å². The molecule has 3 atom stereocenters. The van der Waals surface area contributed by atoms with Gasteiger partial charge in [-0.25, -0.2) is 0 Å². The fraction of sp³-hybridized carbons (Fsp3) is 0.909. The van der Waals surface area contributed by atoms with E-state index >= 15 is 0 Å². The molecule has 1 amide bonds. The van der Waals surface area contributed by atoms with Crippen LogP contribution >= 0.6 is 0 Å². The van der Waals surface area contributed by atoms with Crippen molar-refractivity contribution in [1.82, 2.24) is 5.32 Å². The quantitative estimate of drug-likeness (QED) is 0.705. The van der Waals surface area contributed by atoms with Gasteiger partial charge in [0.05, 0.1) is 6.04 Å².